The molecule has 27 heavy (non-hydrogen) atoms. The molecule has 2 atom stereocenters. The van der Waals surface area contributed by atoms with Crippen LogP contribution >= 0.6 is 0 Å². The Kier molecular flexibility index (Phi) is 4.09. The molecule has 3 amide bonds. The first kappa shape index (κ1) is 17.5. The summed E-state index contributed by atoms with van der Waals surface area (Å²) in [5.74, 6) is -0.457. The van der Waals surface area contributed by atoms with E-state index < -0.39 is 6.04 Å². The van der Waals surface area contributed by atoms with Crippen LogP contribution in [0.5, 0.6) is 0 Å². The number of nitrogens with one attached hydrogen (secondary N) is 2. The highest BCUT2D eigenvalue weighted by molar-refractivity contribution is 6.07. The van der Waals surface area contributed by atoms with Crippen LogP contribution in [0.4, 0.5) is 0 Å². The van der Waals surface area contributed by atoms with E-state index in [1.165, 1.54) is 0 Å². The molecule has 2 fully saturated rings. The molecule has 2 N–H and O–H groups in total. The molecule has 4 rings (SSSR count). The van der Waals surface area contributed by atoms with Crippen molar-refractivity contribution >= 4 is 28.6 Å². The lowest BCUT2D eigenvalue weighted by Crippen LogP contribution is -2.55. The molecule has 3 heterocycles. The number of hydrogen-bond acceptors (Lipinski definition) is 4. The van der Waals surface area contributed by atoms with Gasteiger partial charge in [0, 0.05) is 23.7 Å². The van der Waals surface area contributed by atoms with E-state index >= 15 is 0 Å². The van der Waals surface area contributed by atoms with Crippen LogP contribution < -0.4 is 10.6 Å². The zero-order valence-electron chi connectivity index (χ0n) is 15.6. The zero-order chi connectivity index (χ0) is 19.3. The number of hydrogen-bond donors (Lipinski definition) is 2. The van der Waals surface area contributed by atoms with Gasteiger partial charge in [-0.3, -0.25) is 19.4 Å². The fourth-order valence-corrected chi connectivity index (χ4v) is 3.96. The maximum atomic E-state index is 13.0. The lowest BCUT2D eigenvalue weighted by molar-refractivity contribution is -0.143. The molecule has 2 aliphatic rings. The van der Waals surface area contributed by atoms with Gasteiger partial charge >= 0.3 is 0 Å². The highest BCUT2D eigenvalue weighted by Crippen LogP contribution is 2.25. The molecule has 0 spiro atoms. The van der Waals surface area contributed by atoms with Gasteiger partial charge < -0.3 is 15.5 Å². The van der Waals surface area contributed by atoms with Gasteiger partial charge in [-0.1, -0.05) is 12.1 Å². The minimum Gasteiger partial charge on any atom is -0.347 e. The number of rotatable bonds is 2. The molecular formula is C20H22N4O3. The molecule has 1 aromatic carbocycles. The number of piperazine rings is 1. The lowest BCUT2D eigenvalue weighted by Gasteiger charge is -2.28. The van der Waals surface area contributed by atoms with Crippen molar-refractivity contribution in [2.75, 3.05) is 13.1 Å². The van der Waals surface area contributed by atoms with Gasteiger partial charge in [0.25, 0.3) is 5.91 Å². The average molecular weight is 366 g/mol. The molecule has 0 unspecified atom stereocenters. The summed E-state index contributed by atoms with van der Waals surface area (Å²) >= 11 is 0. The van der Waals surface area contributed by atoms with Crippen molar-refractivity contribution in [3.63, 3.8) is 0 Å². The van der Waals surface area contributed by atoms with E-state index in [1.54, 1.807) is 11.0 Å². The predicted octanol–water partition coefficient (Wildman–Crippen LogP) is 0.989. The number of fused-ring (bicyclic) bond motifs is 2. The molecule has 7 heteroatoms. The number of aryl methyl sites for hydroxylation is 3. The standard InChI is InChI=1S/C20H22N4O3/c1-10-4-5-14-15(6-11(2)22-18(14)12(10)3)19(26)23-13-7-16-20(27)21-8-17(25)24(16)9-13/h4-6,13,16H,7-9H2,1-3H3,(H,21,27)(H,23,26)/t13-,16+/m1/s1. The van der Waals surface area contributed by atoms with Gasteiger partial charge in [-0.25, -0.2) is 0 Å². The van der Waals surface area contributed by atoms with Crippen LogP contribution in [0, 0.1) is 20.8 Å². The Balaban J connectivity index is 1.62. The Labute approximate surface area is 157 Å². The number of aromatic nitrogens is 1. The van der Waals surface area contributed by atoms with Crippen molar-refractivity contribution in [3.8, 4) is 0 Å². The van der Waals surface area contributed by atoms with Crippen LogP contribution in [-0.4, -0.2) is 52.8 Å². The van der Waals surface area contributed by atoms with Crippen LogP contribution in [0.15, 0.2) is 18.2 Å². The number of carbonyl (C=O) groups excluding carboxylic acids is 3. The predicted molar refractivity (Wildman–Crippen MR) is 100 cm³/mol. The molecule has 0 radical (unpaired) electrons. The quantitative estimate of drug-likeness (QED) is 0.829. The molecule has 1 aromatic heterocycles. The van der Waals surface area contributed by atoms with Gasteiger partial charge in [0.2, 0.25) is 11.8 Å². The Hall–Kier alpha value is -2.96. The molecule has 2 aliphatic heterocycles. The van der Waals surface area contributed by atoms with Gasteiger partial charge in [-0.05, 0) is 44.4 Å². The Bertz CT molecular complexity index is 961. The van der Waals surface area contributed by atoms with Crippen LogP contribution in [0.2, 0.25) is 0 Å². The van der Waals surface area contributed by atoms with Crippen molar-refractivity contribution < 1.29 is 14.4 Å². The van der Waals surface area contributed by atoms with Crippen molar-refractivity contribution in [1.82, 2.24) is 20.5 Å². The van der Waals surface area contributed by atoms with Crippen LogP contribution in [0.3, 0.4) is 0 Å². The molecular weight excluding hydrogens is 344 g/mol. The minimum atomic E-state index is -0.489. The van der Waals surface area contributed by atoms with Gasteiger partial charge in [0.05, 0.1) is 17.6 Å². The summed E-state index contributed by atoms with van der Waals surface area (Å²) in [4.78, 5) is 43.1. The summed E-state index contributed by atoms with van der Waals surface area (Å²) in [6.45, 7) is 6.29. The van der Waals surface area contributed by atoms with Crippen molar-refractivity contribution in [2.24, 2.45) is 0 Å². The van der Waals surface area contributed by atoms with Gasteiger partial charge in [0.1, 0.15) is 6.04 Å². The molecule has 0 aliphatic carbocycles. The molecule has 7 nitrogen and oxygen atoms in total. The van der Waals surface area contributed by atoms with Gasteiger partial charge in [-0.15, -0.1) is 0 Å². The SMILES string of the molecule is Cc1cc(C(=O)N[C@@H]2C[C@H]3C(=O)NCC(=O)N3C2)c2ccc(C)c(C)c2n1. The van der Waals surface area contributed by atoms with Crippen molar-refractivity contribution in [2.45, 2.75) is 39.3 Å². The smallest absolute Gasteiger partial charge is 0.252 e. The second-order valence-corrected chi connectivity index (χ2v) is 7.40. The van der Waals surface area contributed by atoms with Crippen molar-refractivity contribution in [3.05, 3.63) is 40.6 Å². The van der Waals surface area contributed by atoms with Crippen LogP contribution in [-0.2, 0) is 9.59 Å². The maximum Gasteiger partial charge on any atom is 0.252 e. The lowest BCUT2D eigenvalue weighted by atomic mass is 10.0. The second kappa shape index (κ2) is 6.33. The van der Waals surface area contributed by atoms with Crippen LogP contribution in [0.1, 0.15) is 33.6 Å². The Morgan fingerprint density at radius 1 is 1.26 bits per heavy atom. The highest BCUT2D eigenvalue weighted by Gasteiger charge is 2.42. The zero-order valence-corrected chi connectivity index (χ0v) is 15.6. The van der Waals surface area contributed by atoms with E-state index in [2.05, 4.69) is 15.6 Å². The fourth-order valence-electron chi connectivity index (χ4n) is 3.96. The summed E-state index contributed by atoms with van der Waals surface area (Å²) in [6.07, 6.45) is 0.434. The monoisotopic (exact) mass is 366 g/mol. The summed E-state index contributed by atoms with van der Waals surface area (Å²) < 4.78 is 0. The molecule has 0 bridgehead atoms. The Morgan fingerprint density at radius 3 is 2.78 bits per heavy atom. The van der Waals surface area contributed by atoms with E-state index in [-0.39, 0.29) is 30.3 Å². The first-order valence-corrected chi connectivity index (χ1v) is 9.10. The molecule has 2 aromatic rings. The number of amides is 3. The second-order valence-electron chi connectivity index (χ2n) is 7.40. The summed E-state index contributed by atoms with van der Waals surface area (Å²) in [6, 6.07) is 4.97. The van der Waals surface area contributed by atoms with Crippen LogP contribution in [0.25, 0.3) is 10.9 Å². The summed E-state index contributed by atoms with van der Waals surface area (Å²) in [5.41, 5.74) is 4.37. The molecule has 0 saturated carbocycles. The number of carbonyl (C=O) groups is 3. The third-order valence-corrected chi connectivity index (χ3v) is 5.55. The fraction of sp³-hybridized carbons (Fsp3) is 0.400. The average Bonchev–Trinajstić information content (AvgIpc) is 3.06. The summed E-state index contributed by atoms with van der Waals surface area (Å²) in [7, 11) is 0. The number of nitrogens with zero attached hydrogens (tertiary/aromatic N) is 2. The third kappa shape index (κ3) is 2.93. The normalized spacial score (nSPS) is 22.0. The van der Waals surface area contributed by atoms with E-state index in [0.717, 1.165) is 27.7 Å². The van der Waals surface area contributed by atoms with E-state index in [0.29, 0.717) is 18.5 Å². The molecule has 2 saturated heterocycles. The topological polar surface area (TPSA) is 91.4 Å². The van der Waals surface area contributed by atoms with Gasteiger partial charge in [0.15, 0.2) is 0 Å². The van der Waals surface area contributed by atoms with Crippen molar-refractivity contribution in [1.29, 1.82) is 0 Å². The number of pyridine rings is 1. The van der Waals surface area contributed by atoms with Gasteiger partial charge in [-0.2, -0.15) is 0 Å². The van der Waals surface area contributed by atoms with E-state index in [9.17, 15) is 14.4 Å². The minimum absolute atomic E-state index is 0.0306. The van der Waals surface area contributed by atoms with E-state index in [4.69, 9.17) is 0 Å². The molecule has 140 valence electrons. The third-order valence-electron chi connectivity index (χ3n) is 5.55. The highest BCUT2D eigenvalue weighted by atomic mass is 16.2. The first-order chi connectivity index (χ1) is 12.8. The number of benzene rings is 1. The largest absolute Gasteiger partial charge is 0.347 e. The first-order valence-electron chi connectivity index (χ1n) is 9.10. The summed E-state index contributed by atoms with van der Waals surface area (Å²) in [5, 5.41) is 6.42. The Morgan fingerprint density at radius 2 is 2.04 bits per heavy atom. The van der Waals surface area contributed by atoms with E-state index in [1.807, 2.05) is 32.9 Å². The maximum absolute atomic E-state index is 13.0.